The summed E-state index contributed by atoms with van der Waals surface area (Å²) in [6.45, 7) is 0. The molecule has 3 N–H and O–H groups in total. The van der Waals surface area contributed by atoms with E-state index in [1.165, 1.54) is 6.33 Å². The Bertz CT molecular complexity index is 1140. The van der Waals surface area contributed by atoms with Gasteiger partial charge in [0.25, 0.3) is 0 Å². The van der Waals surface area contributed by atoms with Gasteiger partial charge in [0.15, 0.2) is 0 Å². The lowest BCUT2D eigenvalue weighted by molar-refractivity contribution is 0.262. The summed E-state index contributed by atoms with van der Waals surface area (Å²) in [5.74, 6) is 0. The van der Waals surface area contributed by atoms with Crippen LogP contribution in [0.3, 0.4) is 0 Å². The first-order valence-corrected chi connectivity index (χ1v) is 9.69. The molecule has 0 saturated carbocycles. The molecule has 0 saturated heterocycles. The normalized spacial score (nSPS) is 10.5. The van der Waals surface area contributed by atoms with Crippen molar-refractivity contribution >= 4 is 52.0 Å². The minimum atomic E-state index is -0.386. The van der Waals surface area contributed by atoms with Crippen LogP contribution in [0.5, 0.6) is 0 Å². The molecular weight excluding hydrogens is 423 g/mol. The molecular formula is C21H16Cl2N6O. The molecule has 7 nitrogen and oxygen atoms in total. The summed E-state index contributed by atoms with van der Waals surface area (Å²) in [6.07, 6.45) is 3.06. The van der Waals surface area contributed by atoms with E-state index in [9.17, 15) is 4.79 Å². The Morgan fingerprint density at radius 1 is 0.833 bits per heavy atom. The third-order valence-electron chi connectivity index (χ3n) is 4.21. The van der Waals surface area contributed by atoms with Gasteiger partial charge >= 0.3 is 6.03 Å². The smallest absolute Gasteiger partial charge is 0.323 e. The Labute approximate surface area is 182 Å². The monoisotopic (exact) mass is 438 g/mol. The topological polar surface area (TPSA) is 83.9 Å². The molecule has 0 fully saturated rings. The third kappa shape index (κ3) is 4.53. The number of rotatable bonds is 5. The number of aromatic nitrogens is 3. The van der Waals surface area contributed by atoms with Gasteiger partial charge in [-0.25, -0.2) is 14.5 Å². The fourth-order valence-corrected chi connectivity index (χ4v) is 3.27. The Morgan fingerprint density at radius 3 is 2.20 bits per heavy atom. The number of nitrogens with zero attached hydrogens (tertiary/aromatic N) is 3. The fourth-order valence-electron chi connectivity index (χ4n) is 2.78. The lowest BCUT2D eigenvalue weighted by Crippen LogP contribution is -2.20. The first-order chi connectivity index (χ1) is 14.6. The molecule has 0 aliphatic rings. The molecule has 4 rings (SSSR count). The molecule has 0 unspecified atom stereocenters. The predicted octanol–water partition coefficient (Wildman–Crippen LogP) is 5.96. The van der Waals surface area contributed by atoms with E-state index in [-0.39, 0.29) is 6.03 Å². The summed E-state index contributed by atoms with van der Waals surface area (Å²) < 4.78 is 1.63. The van der Waals surface area contributed by atoms with E-state index in [0.717, 1.165) is 5.69 Å². The second kappa shape index (κ2) is 8.86. The molecule has 4 aromatic rings. The number of para-hydroxylation sites is 3. The van der Waals surface area contributed by atoms with E-state index < -0.39 is 0 Å². The average molecular weight is 439 g/mol. The van der Waals surface area contributed by atoms with E-state index in [2.05, 4.69) is 26.0 Å². The van der Waals surface area contributed by atoms with Gasteiger partial charge in [-0.15, -0.1) is 0 Å². The minimum absolute atomic E-state index is 0.386. The van der Waals surface area contributed by atoms with Gasteiger partial charge in [0.1, 0.15) is 12.7 Å². The van der Waals surface area contributed by atoms with Gasteiger partial charge < -0.3 is 16.0 Å². The number of benzene rings is 3. The largest absolute Gasteiger partial charge is 0.351 e. The number of anilines is 4. The number of carbonyl (C=O) groups is 1. The maximum Gasteiger partial charge on any atom is 0.323 e. The van der Waals surface area contributed by atoms with Crippen molar-refractivity contribution in [2.75, 3.05) is 16.0 Å². The van der Waals surface area contributed by atoms with Crippen molar-refractivity contribution in [3.63, 3.8) is 0 Å². The molecule has 0 atom stereocenters. The van der Waals surface area contributed by atoms with E-state index in [4.69, 9.17) is 23.2 Å². The first kappa shape index (κ1) is 19.8. The third-order valence-corrected chi connectivity index (χ3v) is 4.84. The van der Waals surface area contributed by atoms with Crippen molar-refractivity contribution in [3.05, 3.63) is 89.4 Å². The van der Waals surface area contributed by atoms with Crippen molar-refractivity contribution in [1.29, 1.82) is 0 Å². The van der Waals surface area contributed by atoms with Crippen molar-refractivity contribution in [2.45, 2.75) is 0 Å². The van der Waals surface area contributed by atoms with E-state index in [1.54, 1.807) is 47.4 Å². The van der Waals surface area contributed by atoms with Gasteiger partial charge in [-0.2, -0.15) is 5.10 Å². The Balaban J connectivity index is 1.46. The van der Waals surface area contributed by atoms with Crippen LogP contribution in [0.25, 0.3) is 5.69 Å². The number of amides is 2. The molecule has 150 valence electrons. The molecule has 2 amide bonds. The van der Waals surface area contributed by atoms with Crippen LogP contribution in [-0.4, -0.2) is 20.8 Å². The predicted molar refractivity (Wildman–Crippen MR) is 120 cm³/mol. The first-order valence-electron chi connectivity index (χ1n) is 8.93. The summed E-state index contributed by atoms with van der Waals surface area (Å²) in [5, 5.41) is 13.8. The summed E-state index contributed by atoms with van der Waals surface area (Å²) in [5.41, 5.74) is 3.27. The molecule has 0 radical (unpaired) electrons. The Kier molecular flexibility index (Phi) is 5.83. The lowest BCUT2D eigenvalue weighted by Gasteiger charge is -2.15. The summed E-state index contributed by atoms with van der Waals surface area (Å²) in [7, 11) is 0. The molecule has 30 heavy (non-hydrogen) atoms. The molecule has 0 aliphatic carbocycles. The van der Waals surface area contributed by atoms with Gasteiger partial charge in [0, 0.05) is 5.69 Å². The molecule has 1 heterocycles. The SMILES string of the molecule is O=C(Nc1ccc(-n2cncn2)cc1)Nc1ccccc1Nc1c(Cl)cccc1Cl. The van der Waals surface area contributed by atoms with Crippen LogP contribution >= 0.6 is 23.2 Å². The van der Waals surface area contributed by atoms with Gasteiger partial charge in [-0.05, 0) is 48.5 Å². The Morgan fingerprint density at radius 2 is 1.53 bits per heavy atom. The quantitative estimate of drug-likeness (QED) is 0.358. The highest BCUT2D eigenvalue weighted by Gasteiger charge is 2.11. The molecule has 0 aliphatic heterocycles. The zero-order valence-electron chi connectivity index (χ0n) is 15.5. The number of urea groups is 1. The zero-order valence-corrected chi connectivity index (χ0v) is 17.0. The van der Waals surface area contributed by atoms with Crippen LogP contribution in [0.4, 0.5) is 27.5 Å². The fraction of sp³-hybridized carbons (Fsp3) is 0. The number of hydrogen-bond acceptors (Lipinski definition) is 4. The highest BCUT2D eigenvalue weighted by Crippen LogP contribution is 2.34. The van der Waals surface area contributed by atoms with Gasteiger partial charge in [0.05, 0.1) is 32.8 Å². The molecule has 9 heteroatoms. The molecule has 3 aromatic carbocycles. The number of nitrogens with one attached hydrogen (secondary N) is 3. The van der Waals surface area contributed by atoms with Gasteiger partial charge in [-0.3, -0.25) is 0 Å². The second-order valence-corrected chi connectivity index (χ2v) is 7.05. The zero-order chi connectivity index (χ0) is 20.9. The number of hydrogen-bond donors (Lipinski definition) is 3. The van der Waals surface area contributed by atoms with Crippen LogP contribution in [-0.2, 0) is 0 Å². The standard InChI is InChI=1S/C21H16Cl2N6O/c22-16-4-3-5-17(23)20(16)27-18-6-1-2-7-19(18)28-21(30)26-14-8-10-15(11-9-14)29-13-24-12-25-29/h1-13,27H,(H2,26,28,30). The Hall–Kier alpha value is -3.55. The summed E-state index contributed by atoms with van der Waals surface area (Å²) in [6, 6.07) is 19.4. The molecule has 1 aromatic heterocycles. The van der Waals surface area contributed by atoms with Gasteiger partial charge in [-0.1, -0.05) is 41.4 Å². The van der Waals surface area contributed by atoms with E-state index in [0.29, 0.717) is 32.8 Å². The second-order valence-electron chi connectivity index (χ2n) is 6.23. The number of halogens is 2. The average Bonchev–Trinajstić information content (AvgIpc) is 3.27. The highest BCUT2D eigenvalue weighted by atomic mass is 35.5. The van der Waals surface area contributed by atoms with Crippen LogP contribution in [0.2, 0.25) is 10.0 Å². The van der Waals surface area contributed by atoms with E-state index in [1.807, 2.05) is 30.3 Å². The van der Waals surface area contributed by atoms with Crippen LogP contribution in [0.1, 0.15) is 0 Å². The van der Waals surface area contributed by atoms with E-state index >= 15 is 0 Å². The lowest BCUT2D eigenvalue weighted by atomic mass is 10.2. The van der Waals surface area contributed by atoms with Crippen molar-refractivity contribution < 1.29 is 4.79 Å². The minimum Gasteiger partial charge on any atom is -0.351 e. The molecule has 0 spiro atoms. The van der Waals surface area contributed by atoms with Crippen molar-refractivity contribution in [3.8, 4) is 5.69 Å². The maximum absolute atomic E-state index is 12.5. The highest BCUT2D eigenvalue weighted by molar-refractivity contribution is 6.39. The maximum atomic E-state index is 12.5. The van der Waals surface area contributed by atoms with Crippen LogP contribution < -0.4 is 16.0 Å². The van der Waals surface area contributed by atoms with Crippen molar-refractivity contribution in [1.82, 2.24) is 14.8 Å². The van der Waals surface area contributed by atoms with Crippen LogP contribution in [0.15, 0.2) is 79.4 Å². The number of carbonyl (C=O) groups excluding carboxylic acids is 1. The summed E-state index contributed by atoms with van der Waals surface area (Å²) >= 11 is 12.5. The summed E-state index contributed by atoms with van der Waals surface area (Å²) in [4.78, 5) is 16.4. The van der Waals surface area contributed by atoms with Gasteiger partial charge in [0.2, 0.25) is 0 Å². The van der Waals surface area contributed by atoms with Crippen LogP contribution in [0, 0.1) is 0 Å². The molecule has 0 bridgehead atoms. The van der Waals surface area contributed by atoms with Crippen molar-refractivity contribution in [2.24, 2.45) is 0 Å².